The van der Waals surface area contributed by atoms with Crippen LogP contribution in [0.4, 0.5) is 9.59 Å². The molecule has 39 heavy (non-hydrogen) atoms. The molecule has 0 aromatic carbocycles. The van der Waals surface area contributed by atoms with E-state index in [1.807, 2.05) is 6.92 Å². The standard InChI is InChI=1S/C27H42N4O7Si/c1-5-10-28-21(32)13-22(33)30(24(28)35)19-6-8-26(9-7-19)14-20(15-26)31-25(36)29(18-37-11-12-39(2,3)4)23(34)27(31)16-38-17-27/h19-20H,5-18H2,1-4H3. The van der Waals surface area contributed by atoms with Gasteiger partial charge in [0.1, 0.15) is 13.2 Å². The predicted molar refractivity (Wildman–Crippen MR) is 143 cm³/mol. The number of hydrogen-bond acceptors (Lipinski definition) is 7. The summed E-state index contributed by atoms with van der Waals surface area (Å²) in [5, 5.41) is 0. The van der Waals surface area contributed by atoms with Gasteiger partial charge in [-0.2, -0.15) is 0 Å². The Morgan fingerprint density at radius 2 is 1.59 bits per heavy atom. The van der Waals surface area contributed by atoms with Gasteiger partial charge < -0.3 is 14.4 Å². The SMILES string of the molecule is CCCN1C(=O)CC(=O)N(C2CCC3(CC2)CC(N2C(=O)N(COCC[Si](C)(C)C)C(=O)C24COC4)C3)C1=O. The number of imide groups is 3. The smallest absolute Gasteiger partial charge is 0.333 e. The molecule has 2 aliphatic carbocycles. The lowest BCUT2D eigenvalue weighted by atomic mass is 9.57. The molecule has 7 amide bonds. The summed E-state index contributed by atoms with van der Waals surface area (Å²) in [5.74, 6) is -1.03. The summed E-state index contributed by atoms with van der Waals surface area (Å²) in [7, 11) is -1.28. The lowest BCUT2D eigenvalue weighted by Crippen LogP contribution is -2.69. The second kappa shape index (κ2) is 10.3. The van der Waals surface area contributed by atoms with Gasteiger partial charge in [-0.05, 0) is 56.4 Å². The molecule has 3 heterocycles. The van der Waals surface area contributed by atoms with Crippen molar-refractivity contribution in [3.63, 3.8) is 0 Å². The van der Waals surface area contributed by atoms with Crippen LogP contribution >= 0.6 is 0 Å². The van der Waals surface area contributed by atoms with Gasteiger partial charge in [-0.25, -0.2) is 14.5 Å². The minimum Gasteiger partial charge on any atom is -0.375 e. The normalized spacial score (nSPS) is 31.0. The lowest BCUT2D eigenvalue weighted by molar-refractivity contribution is -0.171. The molecular weight excluding hydrogens is 520 g/mol. The highest BCUT2D eigenvalue weighted by Gasteiger charge is 2.66. The fourth-order valence-electron chi connectivity index (χ4n) is 6.93. The van der Waals surface area contributed by atoms with E-state index in [0.29, 0.717) is 32.4 Å². The van der Waals surface area contributed by atoms with E-state index < -0.39 is 31.5 Å². The largest absolute Gasteiger partial charge is 0.375 e. The molecule has 0 radical (unpaired) electrons. The first-order chi connectivity index (χ1) is 18.4. The quantitative estimate of drug-likeness (QED) is 0.184. The van der Waals surface area contributed by atoms with Crippen LogP contribution < -0.4 is 0 Å². The maximum Gasteiger partial charge on any atom is 0.333 e. The Kier molecular flexibility index (Phi) is 7.43. The third kappa shape index (κ3) is 4.92. The average molecular weight is 563 g/mol. The number of nitrogens with zero attached hydrogens (tertiary/aromatic N) is 4. The molecule has 0 bridgehead atoms. The summed E-state index contributed by atoms with van der Waals surface area (Å²) in [5.41, 5.74) is -0.872. The minimum atomic E-state index is -1.28. The van der Waals surface area contributed by atoms with Gasteiger partial charge in [0.15, 0.2) is 5.54 Å². The number of barbiturate groups is 1. The van der Waals surface area contributed by atoms with E-state index in [9.17, 15) is 24.0 Å². The zero-order valence-corrected chi connectivity index (χ0v) is 24.7. The van der Waals surface area contributed by atoms with E-state index in [0.717, 1.165) is 31.7 Å². The Morgan fingerprint density at radius 1 is 0.923 bits per heavy atom. The molecule has 0 aromatic heterocycles. The lowest BCUT2D eigenvalue weighted by Gasteiger charge is -2.57. The first-order valence-corrected chi connectivity index (χ1v) is 18.1. The van der Waals surface area contributed by atoms with Gasteiger partial charge in [0.25, 0.3) is 5.91 Å². The summed E-state index contributed by atoms with van der Waals surface area (Å²) in [4.78, 5) is 70.1. The zero-order chi connectivity index (χ0) is 28.2. The van der Waals surface area contributed by atoms with Gasteiger partial charge in [0, 0.05) is 33.3 Å². The van der Waals surface area contributed by atoms with Gasteiger partial charge in [0.05, 0.1) is 13.2 Å². The maximum absolute atomic E-state index is 13.5. The molecule has 216 valence electrons. The number of amides is 7. The molecule has 5 fully saturated rings. The van der Waals surface area contributed by atoms with Crippen molar-refractivity contribution in [1.82, 2.24) is 19.6 Å². The Bertz CT molecular complexity index is 1040. The maximum atomic E-state index is 13.5. The van der Waals surface area contributed by atoms with Crippen LogP contribution in [0.1, 0.15) is 58.3 Å². The van der Waals surface area contributed by atoms with Gasteiger partial charge in [-0.1, -0.05) is 26.6 Å². The second-order valence-corrected chi connectivity index (χ2v) is 18.9. The number of hydrogen-bond donors (Lipinski definition) is 0. The van der Waals surface area contributed by atoms with Crippen molar-refractivity contribution in [3.8, 4) is 0 Å². The minimum absolute atomic E-state index is 0.0185. The van der Waals surface area contributed by atoms with Crippen LogP contribution in [0.15, 0.2) is 0 Å². The number of urea groups is 2. The number of rotatable bonds is 9. The third-order valence-electron chi connectivity index (χ3n) is 9.28. The summed E-state index contributed by atoms with van der Waals surface area (Å²) >= 11 is 0. The first-order valence-electron chi connectivity index (χ1n) is 14.4. The summed E-state index contributed by atoms with van der Waals surface area (Å²) in [6.45, 7) is 9.97. The van der Waals surface area contributed by atoms with E-state index >= 15 is 0 Å². The highest BCUT2D eigenvalue weighted by atomic mass is 28.3. The molecule has 0 N–H and O–H groups in total. The van der Waals surface area contributed by atoms with Crippen molar-refractivity contribution in [2.24, 2.45) is 5.41 Å². The van der Waals surface area contributed by atoms with Crippen molar-refractivity contribution in [2.75, 3.05) is 33.1 Å². The monoisotopic (exact) mass is 562 g/mol. The summed E-state index contributed by atoms with van der Waals surface area (Å²) in [6, 6.07) is -0.0348. The van der Waals surface area contributed by atoms with Crippen LogP contribution in [0.25, 0.3) is 0 Å². The predicted octanol–water partition coefficient (Wildman–Crippen LogP) is 3.01. The Morgan fingerprint density at radius 3 is 2.15 bits per heavy atom. The van der Waals surface area contributed by atoms with Crippen molar-refractivity contribution in [3.05, 3.63) is 0 Å². The molecule has 5 rings (SSSR count). The second-order valence-electron chi connectivity index (χ2n) is 13.3. The first kappa shape index (κ1) is 28.2. The van der Waals surface area contributed by atoms with Gasteiger partial charge in [0.2, 0.25) is 11.8 Å². The van der Waals surface area contributed by atoms with E-state index in [4.69, 9.17) is 9.47 Å². The molecule has 2 spiro atoms. The fourth-order valence-corrected chi connectivity index (χ4v) is 7.68. The number of carbonyl (C=O) groups is 5. The number of ether oxygens (including phenoxy) is 2. The average Bonchev–Trinajstić information content (AvgIpc) is 3.04. The molecule has 5 aliphatic rings. The van der Waals surface area contributed by atoms with Crippen molar-refractivity contribution >= 4 is 37.9 Å². The highest BCUT2D eigenvalue weighted by Crippen LogP contribution is 2.56. The summed E-state index contributed by atoms with van der Waals surface area (Å²) in [6.07, 6.45) is 5.07. The molecule has 12 heteroatoms. The molecular formula is C27H42N4O7Si. The van der Waals surface area contributed by atoms with E-state index in [1.54, 1.807) is 4.90 Å². The van der Waals surface area contributed by atoms with Crippen LogP contribution in [-0.4, -0.2) is 108 Å². The Hall–Kier alpha value is -2.31. The summed E-state index contributed by atoms with van der Waals surface area (Å²) < 4.78 is 11.2. The zero-order valence-electron chi connectivity index (χ0n) is 23.7. The van der Waals surface area contributed by atoms with Gasteiger partial charge in [-0.15, -0.1) is 0 Å². The number of carbonyl (C=O) groups excluding carboxylic acids is 5. The Labute approximate surface area is 231 Å². The van der Waals surface area contributed by atoms with Crippen molar-refractivity contribution in [2.45, 2.75) is 102 Å². The van der Waals surface area contributed by atoms with E-state index in [1.165, 1.54) is 14.7 Å². The highest BCUT2D eigenvalue weighted by molar-refractivity contribution is 6.76. The third-order valence-corrected chi connectivity index (χ3v) is 11.0. The Balaban J connectivity index is 1.18. The van der Waals surface area contributed by atoms with Crippen LogP contribution in [0.5, 0.6) is 0 Å². The van der Waals surface area contributed by atoms with Crippen molar-refractivity contribution < 1.29 is 33.4 Å². The van der Waals surface area contributed by atoms with E-state index in [-0.39, 0.29) is 55.8 Å². The van der Waals surface area contributed by atoms with Crippen LogP contribution in [0, 0.1) is 5.41 Å². The van der Waals surface area contributed by atoms with Gasteiger partial charge in [-0.3, -0.25) is 24.2 Å². The van der Waals surface area contributed by atoms with Crippen molar-refractivity contribution in [1.29, 1.82) is 0 Å². The molecule has 11 nitrogen and oxygen atoms in total. The molecule has 2 saturated carbocycles. The van der Waals surface area contributed by atoms with Crippen LogP contribution in [0.3, 0.4) is 0 Å². The van der Waals surface area contributed by atoms with Gasteiger partial charge >= 0.3 is 12.1 Å². The molecule has 3 aliphatic heterocycles. The van der Waals surface area contributed by atoms with Crippen LogP contribution in [-0.2, 0) is 23.9 Å². The molecule has 0 aromatic rings. The van der Waals surface area contributed by atoms with Crippen LogP contribution in [0.2, 0.25) is 25.7 Å². The molecule has 3 saturated heterocycles. The fraction of sp³-hybridized carbons (Fsp3) is 0.815. The molecule has 0 unspecified atom stereocenters. The molecule has 0 atom stereocenters. The van der Waals surface area contributed by atoms with E-state index in [2.05, 4.69) is 19.6 Å². The topological polar surface area (TPSA) is 117 Å².